The number of alkyl carbamates (subject to hydrolysis) is 1. The van der Waals surface area contributed by atoms with E-state index in [0.29, 0.717) is 38.0 Å². The molecule has 5 rings (SSSR count). The molecule has 0 saturated heterocycles. The smallest absolute Gasteiger partial charge is 0.407 e. The lowest BCUT2D eigenvalue weighted by Crippen LogP contribution is -2.28. The number of rotatable bonds is 10. The van der Waals surface area contributed by atoms with Gasteiger partial charge in [-0.15, -0.1) is 0 Å². The quantitative estimate of drug-likeness (QED) is 0.226. The van der Waals surface area contributed by atoms with Gasteiger partial charge in [-0.25, -0.2) is 14.8 Å². The molecule has 36 heavy (non-hydrogen) atoms. The van der Waals surface area contributed by atoms with Crippen molar-refractivity contribution in [1.29, 1.82) is 0 Å². The van der Waals surface area contributed by atoms with Crippen molar-refractivity contribution in [2.45, 2.75) is 38.8 Å². The van der Waals surface area contributed by atoms with Crippen LogP contribution in [0.5, 0.6) is 0 Å². The number of amides is 1. The molecule has 0 unspecified atom stereocenters. The number of nitrogens with two attached hydrogens (primary N) is 1. The van der Waals surface area contributed by atoms with Crippen LogP contribution in [0.4, 0.5) is 10.6 Å². The number of para-hydroxylation sites is 1. The molecule has 0 radical (unpaired) electrons. The predicted molar refractivity (Wildman–Crippen MR) is 143 cm³/mol. The highest BCUT2D eigenvalue weighted by atomic mass is 16.5. The van der Waals surface area contributed by atoms with E-state index in [0.717, 1.165) is 63.8 Å². The lowest BCUT2D eigenvalue weighted by atomic mass is 10.1. The van der Waals surface area contributed by atoms with Gasteiger partial charge in [0.1, 0.15) is 17.9 Å². The van der Waals surface area contributed by atoms with Gasteiger partial charge in [0.25, 0.3) is 0 Å². The number of benzene rings is 2. The van der Waals surface area contributed by atoms with Crippen molar-refractivity contribution < 1.29 is 9.53 Å². The molecular weight excluding hydrogens is 452 g/mol. The molecule has 1 amide bonds. The van der Waals surface area contributed by atoms with Crippen LogP contribution in [0.2, 0.25) is 0 Å². The molecule has 2 aromatic heterocycles. The first-order chi connectivity index (χ1) is 17.5. The van der Waals surface area contributed by atoms with Crippen LogP contribution >= 0.6 is 0 Å². The summed E-state index contributed by atoms with van der Waals surface area (Å²) < 4.78 is 7.50. The number of carbonyl (C=O) groups excluding carboxylic acids is 1. The topological polar surface area (TPSA) is 107 Å². The first kappa shape index (κ1) is 23.8. The number of fused-ring (bicyclic) bond motifs is 3. The van der Waals surface area contributed by atoms with Gasteiger partial charge < -0.3 is 25.7 Å². The highest BCUT2D eigenvalue weighted by Crippen LogP contribution is 2.42. The molecular formula is C28H32N6O2. The molecule has 0 bridgehead atoms. The molecule has 8 heteroatoms. The maximum atomic E-state index is 12.0. The fraction of sp³-hybridized carbons (Fsp3) is 0.321. The fourth-order valence-electron chi connectivity index (χ4n) is 4.38. The third-order valence-electron chi connectivity index (χ3n) is 6.32. The second-order valence-electron chi connectivity index (χ2n) is 9.48. The van der Waals surface area contributed by atoms with Crippen molar-refractivity contribution in [2.75, 3.05) is 25.4 Å². The normalized spacial score (nSPS) is 13.2. The number of aromatic nitrogens is 3. The van der Waals surface area contributed by atoms with Gasteiger partial charge in [0.15, 0.2) is 5.82 Å². The molecule has 8 nitrogen and oxygen atoms in total. The van der Waals surface area contributed by atoms with Gasteiger partial charge in [-0.1, -0.05) is 54.6 Å². The van der Waals surface area contributed by atoms with Crippen LogP contribution in [0.25, 0.3) is 21.9 Å². The van der Waals surface area contributed by atoms with Crippen molar-refractivity contribution in [3.63, 3.8) is 0 Å². The van der Waals surface area contributed by atoms with E-state index in [1.807, 2.05) is 37.3 Å². The maximum absolute atomic E-state index is 12.0. The minimum atomic E-state index is -0.423. The van der Waals surface area contributed by atoms with E-state index in [4.69, 9.17) is 15.5 Å². The zero-order chi connectivity index (χ0) is 25.1. The van der Waals surface area contributed by atoms with Gasteiger partial charge in [0.05, 0.1) is 11.0 Å². The number of pyridine rings is 1. The SMILES string of the molecule is C=C(C)CNCCOC(=O)NCc1ccc(Cn2c(C3CC3)nc3c(N)nc4ccccc4c32)cc1. The van der Waals surface area contributed by atoms with E-state index in [2.05, 4.69) is 45.0 Å². The fourth-order valence-corrected chi connectivity index (χ4v) is 4.38. The molecule has 1 saturated carbocycles. The Balaban J connectivity index is 1.27. The third-order valence-corrected chi connectivity index (χ3v) is 6.32. The Hall–Kier alpha value is -3.91. The van der Waals surface area contributed by atoms with Gasteiger partial charge in [-0.2, -0.15) is 0 Å². The summed E-state index contributed by atoms with van der Waals surface area (Å²) >= 11 is 0. The maximum Gasteiger partial charge on any atom is 0.407 e. The van der Waals surface area contributed by atoms with Crippen molar-refractivity contribution in [3.05, 3.63) is 77.6 Å². The Bertz CT molecular complexity index is 1410. The zero-order valence-electron chi connectivity index (χ0n) is 20.6. The van der Waals surface area contributed by atoms with Gasteiger partial charge >= 0.3 is 6.09 Å². The van der Waals surface area contributed by atoms with Crippen LogP contribution in [0, 0.1) is 0 Å². The molecule has 4 N–H and O–H groups in total. The molecule has 2 aromatic carbocycles. The van der Waals surface area contributed by atoms with Gasteiger partial charge in [0.2, 0.25) is 0 Å². The van der Waals surface area contributed by atoms with Gasteiger partial charge in [-0.3, -0.25) is 0 Å². The van der Waals surface area contributed by atoms with E-state index in [1.54, 1.807) is 0 Å². The zero-order valence-corrected chi connectivity index (χ0v) is 20.6. The molecule has 2 heterocycles. The van der Waals surface area contributed by atoms with Gasteiger partial charge in [-0.05, 0) is 37.0 Å². The highest BCUT2D eigenvalue weighted by Gasteiger charge is 2.31. The summed E-state index contributed by atoms with van der Waals surface area (Å²) in [6, 6.07) is 16.3. The Morgan fingerprint density at radius 3 is 2.64 bits per heavy atom. The molecule has 4 aromatic rings. The van der Waals surface area contributed by atoms with Crippen LogP contribution < -0.4 is 16.4 Å². The number of nitrogen functional groups attached to an aromatic ring is 1. The average Bonchev–Trinajstić information content (AvgIpc) is 3.64. The number of ether oxygens (including phenoxy) is 1. The largest absolute Gasteiger partial charge is 0.448 e. The van der Waals surface area contributed by atoms with E-state index in [1.165, 1.54) is 0 Å². The van der Waals surface area contributed by atoms with Crippen LogP contribution in [0.15, 0.2) is 60.7 Å². The second-order valence-corrected chi connectivity index (χ2v) is 9.48. The van der Waals surface area contributed by atoms with Crippen molar-refractivity contribution >= 4 is 33.8 Å². The number of nitrogens with one attached hydrogen (secondary N) is 2. The molecule has 186 valence electrons. The number of nitrogens with zero attached hydrogens (tertiary/aromatic N) is 3. The number of hydrogen-bond acceptors (Lipinski definition) is 6. The Kier molecular flexibility index (Phi) is 6.86. The molecule has 0 atom stereocenters. The first-order valence-electron chi connectivity index (χ1n) is 12.4. The van der Waals surface area contributed by atoms with Crippen LogP contribution in [0.1, 0.15) is 42.6 Å². The second kappa shape index (κ2) is 10.4. The molecule has 0 spiro atoms. The van der Waals surface area contributed by atoms with Crippen molar-refractivity contribution in [3.8, 4) is 0 Å². The standard InChI is InChI=1S/C28H32N6O2/c1-18(2)15-30-13-14-36-28(35)31-16-19-7-9-20(10-8-19)17-34-25-22-5-3-4-6-23(22)32-26(29)24(25)33-27(34)21-11-12-21/h3-10,21,30H,1,11-17H2,2H3,(H2,29,32)(H,31,35). The minimum absolute atomic E-state index is 0.314. The molecule has 0 aliphatic heterocycles. The van der Waals surface area contributed by atoms with Gasteiger partial charge in [0, 0.05) is 37.5 Å². The van der Waals surface area contributed by atoms with Crippen LogP contribution in [-0.4, -0.2) is 40.3 Å². The summed E-state index contributed by atoms with van der Waals surface area (Å²) in [6.45, 7) is 8.51. The lowest BCUT2D eigenvalue weighted by Gasteiger charge is -2.12. The minimum Gasteiger partial charge on any atom is -0.448 e. The summed E-state index contributed by atoms with van der Waals surface area (Å²) in [6.07, 6.45) is 1.88. The summed E-state index contributed by atoms with van der Waals surface area (Å²) in [5.74, 6) is 2.03. The number of imidazole rings is 1. The monoisotopic (exact) mass is 484 g/mol. The Morgan fingerprint density at radius 2 is 1.89 bits per heavy atom. The molecule has 1 aliphatic rings. The average molecular weight is 485 g/mol. The van der Waals surface area contributed by atoms with Crippen LogP contribution in [-0.2, 0) is 17.8 Å². The van der Waals surface area contributed by atoms with Crippen molar-refractivity contribution in [2.24, 2.45) is 0 Å². The first-order valence-corrected chi connectivity index (χ1v) is 12.4. The Morgan fingerprint density at radius 1 is 1.14 bits per heavy atom. The van der Waals surface area contributed by atoms with E-state index < -0.39 is 6.09 Å². The van der Waals surface area contributed by atoms with E-state index in [-0.39, 0.29) is 0 Å². The van der Waals surface area contributed by atoms with E-state index in [9.17, 15) is 4.79 Å². The predicted octanol–water partition coefficient (Wildman–Crippen LogP) is 4.48. The molecule has 1 aliphatic carbocycles. The Labute approximate surface area is 210 Å². The summed E-state index contributed by atoms with van der Waals surface area (Å²) in [5.41, 5.74) is 12.2. The molecule has 1 fully saturated rings. The number of carbonyl (C=O) groups is 1. The van der Waals surface area contributed by atoms with Crippen molar-refractivity contribution in [1.82, 2.24) is 25.2 Å². The highest BCUT2D eigenvalue weighted by molar-refractivity contribution is 6.06. The number of hydrogen-bond donors (Lipinski definition) is 3. The third kappa shape index (κ3) is 5.33. The summed E-state index contributed by atoms with van der Waals surface area (Å²) in [5, 5.41) is 7.02. The lowest BCUT2D eigenvalue weighted by molar-refractivity contribution is 0.146. The van der Waals surface area contributed by atoms with E-state index >= 15 is 0 Å². The number of anilines is 1. The summed E-state index contributed by atoms with van der Waals surface area (Å²) in [4.78, 5) is 21.5. The summed E-state index contributed by atoms with van der Waals surface area (Å²) in [7, 11) is 0. The van der Waals surface area contributed by atoms with Crippen LogP contribution in [0.3, 0.4) is 0 Å².